The molecular formula is C18H19N3O3S3. The second-order valence-corrected chi connectivity index (χ2v) is 9.95. The molecule has 0 amide bonds. The first-order valence-corrected chi connectivity index (χ1v) is 11.9. The van der Waals surface area contributed by atoms with Gasteiger partial charge in [0.1, 0.15) is 10.9 Å². The Morgan fingerprint density at radius 2 is 1.96 bits per heavy atom. The molecule has 2 heterocycles. The van der Waals surface area contributed by atoms with Crippen LogP contribution in [0.3, 0.4) is 0 Å². The lowest BCUT2D eigenvalue weighted by Gasteiger charge is -2.05. The number of sulfonamides is 1. The molecule has 142 valence electrons. The van der Waals surface area contributed by atoms with Crippen LogP contribution in [-0.2, 0) is 16.4 Å². The molecule has 2 aromatic heterocycles. The number of carbonyl (C=O) groups is 1. The molecule has 0 saturated carbocycles. The number of thiophene rings is 1. The van der Waals surface area contributed by atoms with Crippen LogP contribution < -0.4 is 4.72 Å². The summed E-state index contributed by atoms with van der Waals surface area (Å²) < 4.78 is 24.6. The Labute approximate surface area is 166 Å². The first-order valence-electron chi connectivity index (χ1n) is 8.24. The van der Waals surface area contributed by atoms with Crippen molar-refractivity contribution in [1.82, 2.24) is 14.7 Å². The van der Waals surface area contributed by atoms with Crippen molar-refractivity contribution in [3.05, 3.63) is 52.0 Å². The predicted molar refractivity (Wildman–Crippen MR) is 110 cm³/mol. The Hall–Kier alpha value is -1.81. The van der Waals surface area contributed by atoms with Gasteiger partial charge in [-0.25, -0.2) is 23.1 Å². The molecule has 0 saturated heterocycles. The molecule has 3 aromatic rings. The third-order valence-corrected chi connectivity index (χ3v) is 6.60. The average molecular weight is 422 g/mol. The molecule has 0 spiro atoms. The van der Waals surface area contributed by atoms with Gasteiger partial charge in [-0.05, 0) is 31.5 Å². The lowest BCUT2D eigenvalue weighted by atomic mass is 10.2. The second-order valence-electron chi connectivity index (χ2n) is 5.99. The van der Waals surface area contributed by atoms with Gasteiger partial charge in [0.2, 0.25) is 10.0 Å². The van der Waals surface area contributed by atoms with Crippen LogP contribution in [0.5, 0.6) is 0 Å². The topological polar surface area (TPSA) is 89.0 Å². The third-order valence-electron chi connectivity index (χ3n) is 3.69. The van der Waals surface area contributed by atoms with Crippen molar-refractivity contribution < 1.29 is 13.2 Å². The fourth-order valence-electron chi connectivity index (χ4n) is 2.50. The number of rotatable bonds is 8. The lowest BCUT2D eigenvalue weighted by Crippen LogP contribution is -2.23. The highest BCUT2D eigenvalue weighted by atomic mass is 32.2. The van der Waals surface area contributed by atoms with Crippen molar-refractivity contribution in [2.75, 3.05) is 18.6 Å². The van der Waals surface area contributed by atoms with Crippen LogP contribution in [-0.4, -0.2) is 42.7 Å². The van der Waals surface area contributed by atoms with Gasteiger partial charge in [0.25, 0.3) is 0 Å². The molecule has 0 radical (unpaired) electrons. The van der Waals surface area contributed by atoms with E-state index < -0.39 is 10.0 Å². The largest absolute Gasteiger partial charge is 0.292 e. The number of hydrogen-bond donors (Lipinski definition) is 1. The Kier molecular flexibility index (Phi) is 6.25. The molecule has 1 aromatic carbocycles. The fourth-order valence-corrected chi connectivity index (χ4v) is 4.95. The number of thioether (sulfide) groups is 1. The molecule has 0 bridgehead atoms. The minimum absolute atomic E-state index is 0.0349. The van der Waals surface area contributed by atoms with Gasteiger partial charge in [0, 0.05) is 16.8 Å². The van der Waals surface area contributed by atoms with E-state index in [4.69, 9.17) is 0 Å². The van der Waals surface area contributed by atoms with Crippen LogP contribution in [0.2, 0.25) is 0 Å². The second kappa shape index (κ2) is 8.47. The monoisotopic (exact) mass is 421 g/mol. The van der Waals surface area contributed by atoms with Crippen molar-refractivity contribution in [1.29, 1.82) is 0 Å². The number of aryl methyl sites for hydroxylation is 1. The first-order chi connectivity index (χ1) is 12.8. The number of Topliss-reactive ketones (excluding diaryl/α,β-unsaturated/α-hetero) is 1. The van der Waals surface area contributed by atoms with Crippen molar-refractivity contribution in [3.63, 3.8) is 0 Å². The SMILES string of the molecule is Cc1nc(SCC(=O)c2ccc(CCNS(C)(=O)=O)s2)c2ccccc2n1. The lowest BCUT2D eigenvalue weighted by molar-refractivity contribution is 0.102. The van der Waals surface area contributed by atoms with Crippen LogP contribution >= 0.6 is 23.1 Å². The Bertz CT molecular complexity index is 1080. The maximum absolute atomic E-state index is 12.5. The van der Waals surface area contributed by atoms with E-state index in [2.05, 4.69) is 14.7 Å². The first kappa shape index (κ1) is 19.9. The van der Waals surface area contributed by atoms with Gasteiger partial charge in [-0.1, -0.05) is 30.0 Å². The van der Waals surface area contributed by atoms with E-state index in [1.807, 2.05) is 37.3 Å². The Morgan fingerprint density at radius 3 is 2.74 bits per heavy atom. The summed E-state index contributed by atoms with van der Waals surface area (Å²) in [6.07, 6.45) is 1.69. The number of hydrogen-bond acceptors (Lipinski definition) is 7. The zero-order chi connectivity index (χ0) is 19.4. The van der Waals surface area contributed by atoms with Crippen LogP contribution in [0.4, 0.5) is 0 Å². The third kappa shape index (κ3) is 5.58. The van der Waals surface area contributed by atoms with Gasteiger partial charge >= 0.3 is 0 Å². The van der Waals surface area contributed by atoms with Gasteiger partial charge in [-0.3, -0.25) is 4.79 Å². The summed E-state index contributed by atoms with van der Waals surface area (Å²) in [7, 11) is -3.19. The quantitative estimate of drug-likeness (QED) is 0.342. The standard InChI is InChI=1S/C18H19N3O3S3/c1-12-20-15-6-4-3-5-14(15)18(21-12)25-11-16(22)17-8-7-13(26-17)9-10-19-27(2,23)24/h3-8,19H,9-11H2,1-2H3. The van der Waals surface area contributed by atoms with Gasteiger partial charge in [-0.15, -0.1) is 11.3 Å². The molecule has 0 unspecified atom stereocenters. The van der Waals surface area contributed by atoms with E-state index in [-0.39, 0.29) is 5.78 Å². The van der Waals surface area contributed by atoms with Crippen molar-refractivity contribution in [3.8, 4) is 0 Å². The summed E-state index contributed by atoms with van der Waals surface area (Å²) in [6.45, 7) is 2.17. The number of para-hydroxylation sites is 1. The minimum atomic E-state index is -3.19. The molecule has 27 heavy (non-hydrogen) atoms. The number of carbonyl (C=O) groups excluding carboxylic acids is 1. The molecule has 0 aliphatic carbocycles. The summed E-state index contributed by atoms with van der Waals surface area (Å²) in [4.78, 5) is 23.1. The smallest absolute Gasteiger partial charge is 0.208 e. The molecule has 0 aliphatic heterocycles. The predicted octanol–water partition coefficient (Wildman–Crippen LogP) is 3.07. The number of nitrogens with one attached hydrogen (secondary N) is 1. The molecule has 0 aliphatic rings. The number of benzene rings is 1. The zero-order valence-electron chi connectivity index (χ0n) is 14.9. The Morgan fingerprint density at radius 1 is 1.19 bits per heavy atom. The van der Waals surface area contributed by atoms with Crippen LogP contribution in [0.15, 0.2) is 41.4 Å². The number of aromatic nitrogens is 2. The summed E-state index contributed by atoms with van der Waals surface area (Å²) in [5.74, 6) is 1.01. The van der Waals surface area contributed by atoms with Crippen LogP contribution in [0, 0.1) is 6.92 Å². The molecule has 1 N–H and O–H groups in total. The normalized spacial score (nSPS) is 11.8. The maximum Gasteiger partial charge on any atom is 0.208 e. The average Bonchev–Trinajstić information content (AvgIpc) is 3.07. The van der Waals surface area contributed by atoms with Crippen molar-refractivity contribution in [2.24, 2.45) is 0 Å². The van der Waals surface area contributed by atoms with E-state index in [1.165, 1.54) is 23.1 Å². The highest BCUT2D eigenvalue weighted by molar-refractivity contribution is 8.00. The molecular weight excluding hydrogens is 402 g/mol. The number of nitrogens with zero attached hydrogens (tertiary/aromatic N) is 2. The van der Waals surface area contributed by atoms with Crippen LogP contribution in [0.25, 0.3) is 10.9 Å². The zero-order valence-corrected chi connectivity index (χ0v) is 17.4. The van der Waals surface area contributed by atoms with E-state index in [9.17, 15) is 13.2 Å². The van der Waals surface area contributed by atoms with Gasteiger partial charge in [0.15, 0.2) is 5.78 Å². The summed E-state index contributed by atoms with van der Waals surface area (Å²) in [5, 5.41) is 1.75. The highest BCUT2D eigenvalue weighted by Crippen LogP contribution is 2.27. The van der Waals surface area contributed by atoms with E-state index in [0.29, 0.717) is 29.4 Å². The highest BCUT2D eigenvalue weighted by Gasteiger charge is 2.13. The molecule has 9 heteroatoms. The van der Waals surface area contributed by atoms with Crippen molar-refractivity contribution >= 4 is 49.8 Å². The molecule has 3 rings (SSSR count). The summed E-state index contributed by atoms with van der Waals surface area (Å²) in [5.41, 5.74) is 0.872. The molecule has 0 atom stereocenters. The summed E-state index contributed by atoms with van der Waals surface area (Å²) in [6, 6.07) is 11.4. The van der Waals surface area contributed by atoms with Gasteiger partial charge in [-0.2, -0.15) is 0 Å². The van der Waals surface area contributed by atoms with Crippen LogP contribution in [0.1, 0.15) is 20.4 Å². The van der Waals surface area contributed by atoms with Gasteiger partial charge in [0.05, 0.1) is 22.4 Å². The minimum Gasteiger partial charge on any atom is -0.292 e. The van der Waals surface area contributed by atoms with E-state index >= 15 is 0 Å². The maximum atomic E-state index is 12.5. The fraction of sp³-hybridized carbons (Fsp3) is 0.278. The molecule has 6 nitrogen and oxygen atoms in total. The van der Waals surface area contributed by atoms with E-state index in [1.54, 1.807) is 6.07 Å². The number of fused-ring (bicyclic) bond motifs is 1. The van der Waals surface area contributed by atoms with E-state index in [0.717, 1.165) is 27.1 Å². The Balaban J connectivity index is 1.63. The number of ketones is 1. The van der Waals surface area contributed by atoms with Crippen molar-refractivity contribution in [2.45, 2.75) is 18.4 Å². The van der Waals surface area contributed by atoms with Gasteiger partial charge < -0.3 is 0 Å². The molecule has 0 fully saturated rings. The summed E-state index contributed by atoms with van der Waals surface area (Å²) >= 11 is 2.81.